The summed E-state index contributed by atoms with van der Waals surface area (Å²) in [5.41, 5.74) is 3.35. The van der Waals surface area contributed by atoms with Crippen molar-refractivity contribution in [1.29, 1.82) is 5.26 Å². The van der Waals surface area contributed by atoms with Crippen LogP contribution in [0.5, 0.6) is 17.2 Å². The zero-order valence-electron chi connectivity index (χ0n) is 13.9. The van der Waals surface area contributed by atoms with Gasteiger partial charge in [0.2, 0.25) is 0 Å². The Balaban J connectivity index is 1.94. The molecule has 0 aliphatic rings. The van der Waals surface area contributed by atoms with E-state index in [0.29, 0.717) is 32.8 Å². The summed E-state index contributed by atoms with van der Waals surface area (Å²) in [4.78, 5) is 11.8. The topological polar surface area (TPSA) is 104 Å². The van der Waals surface area contributed by atoms with Gasteiger partial charge in [-0.25, -0.2) is 5.43 Å². The molecular formula is C18H16IN3O4. The number of rotatable bonds is 7. The van der Waals surface area contributed by atoms with E-state index >= 15 is 0 Å². The Morgan fingerprint density at radius 3 is 2.85 bits per heavy atom. The Morgan fingerprint density at radius 2 is 2.12 bits per heavy atom. The first-order chi connectivity index (χ1) is 12.5. The van der Waals surface area contributed by atoms with E-state index in [9.17, 15) is 9.90 Å². The molecule has 1 amide bonds. The summed E-state index contributed by atoms with van der Waals surface area (Å²) in [5, 5.41) is 22.7. The molecule has 0 heterocycles. The maximum absolute atomic E-state index is 11.8. The Hall–Kier alpha value is -2.80. The normalized spacial score (nSPS) is 10.3. The highest BCUT2D eigenvalue weighted by molar-refractivity contribution is 14.1. The smallest absolute Gasteiger partial charge is 0.277 e. The Labute approximate surface area is 164 Å². The van der Waals surface area contributed by atoms with Crippen molar-refractivity contribution in [3.05, 3.63) is 51.1 Å². The summed E-state index contributed by atoms with van der Waals surface area (Å²) < 4.78 is 11.3. The lowest BCUT2D eigenvalue weighted by atomic mass is 10.2. The molecule has 2 N–H and O–H groups in total. The number of benzene rings is 2. The molecule has 0 aliphatic heterocycles. The average molecular weight is 465 g/mol. The fourth-order valence-corrected chi connectivity index (χ4v) is 2.60. The minimum atomic E-state index is -0.465. The number of halogens is 1. The van der Waals surface area contributed by atoms with Gasteiger partial charge in [-0.3, -0.25) is 4.79 Å². The number of carbonyl (C=O) groups excluding carboxylic acids is 1. The molecule has 134 valence electrons. The standard InChI is InChI=1S/C18H16IN3O4/c1-2-25-16-8-12(7-14(19)18(16)24)10-21-22-17(23)11-26-15-6-4-3-5-13(15)9-20/h3-8,10,24H,2,11H2,1H3,(H,22,23)/b21-10+. The van der Waals surface area contributed by atoms with E-state index in [2.05, 4.69) is 10.5 Å². The van der Waals surface area contributed by atoms with Crippen molar-refractivity contribution in [2.45, 2.75) is 6.92 Å². The zero-order chi connectivity index (χ0) is 18.9. The van der Waals surface area contributed by atoms with E-state index in [1.165, 1.54) is 6.21 Å². The maximum Gasteiger partial charge on any atom is 0.277 e. The summed E-state index contributed by atoms with van der Waals surface area (Å²) in [7, 11) is 0. The van der Waals surface area contributed by atoms with Gasteiger partial charge >= 0.3 is 0 Å². The molecule has 0 aromatic heterocycles. The van der Waals surface area contributed by atoms with E-state index in [-0.39, 0.29) is 12.4 Å². The first-order valence-corrected chi connectivity index (χ1v) is 8.72. The number of hydrazone groups is 1. The number of hydrogen-bond donors (Lipinski definition) is 2. The Morgan fingerprint density at radius 1 is 1.35 bits per heavy atom. The van der Waals surface area contributed by atoms with E-state index in [1.807, 2.05) is 35.6 Å². The zero-order valence-corrected chi connectivity index (χ0v) is 16.1. The fourth-order valence-electron chi connectivity index (χ4n) is 1.97. The third kappa shape index (κ3) is 5.35. The number of amides is 1. The first-order valence-electron chi connectivity index (χ1n) is 7.64. The molecule has 0 fully saturated rings. The van der Waals surface area contributed by atoms with Gasteiger partial charge in [0, 0.05) is 0 Å². The number of phenolic OH excluding ortho intramolecular Hbond substituents is 1. The molecule has 7 nitrogen and oxygen atoms in total. The van der Waals surface area contributed by atoms with Crippen LogP contribution in [0.4, 0.5) is 0 Å². The highest BCUT2D eigenvalue weighted by Crippen LogP contribution is 2.32. The highest BCUT2D eigenvalue weighted by atomic mass is 127. The second-order valence-corrected chi connectivity index (χ2v) is 6.13. The minimum Gasteiger partial charge on any atom is -0.504 e. The van der Waals surface area contributed by atoms with Gasteiger partial charge in [0.05, 0.1) is 22.0 Å². The third-order valence-electron chi connectivity index (χ3n) is 3.12. The quantitative estimate of drug-likeness (QED) is 0.372. The van der Waals surface area contributed by atoms with Crippen molar-refractivity contribution in [2.24, 2.45) is 5.10 Å². The molecule has 0 saturated carbocycles. The molecule has 0 unspecified atom stereocenters. The number of aromatic hydroxyl groups is 1. The van der Waals surface area contributed by atoms with Crippen LogP contribution in [-0.2, 0) is 4.79 Å². The molecule has 0 spiro atoms. The van der Waals surface area contributed by atoms with E-state index in [4.69, 9.17) is 14.7 Å². The summed E-state index contributed by atoms with van der Waals surface area (Å²) in [6, 6.07) is 12.0. The Bertz CT molecular complexity index is 862. The molecule has 2 aromatic rings. The molecule has 2 aromatic carbocycles. The predicted octanol–water partition coefficient (Wildman–Crippen LogP) is 2.80. The molecule has 0 bridgehead atoms. The van der Waals surface area contributed by atoms with Gasteiger partial charge in [0.25, 0.3) is 5.91 Å². The molecular weight excluding hydrogens is 449 g/mol. The van der Waals surface area contributed by atoms with Crippen molar-refractivity contribution >= 4 is 34.7 Å². The number of ether oxygens (including phenoxy) is 2. The van der Waals surface area contributed by atoms with Crippen molar-refractivity contribution in [1.82, 2.24) is 5.43 Å². The van der Waals surface area contributed by atoms with Crippen molar-refractivity contribution < 1.29 is 19.4 Å². The Kier molecular flexibility index (Phi) is 7.23. The van der Waals surface area contributed by atoms with E-state index < -0.39 is 5.91 Å². The first kappa shape index (κ1) is 19.5. The van der Waals surface area contributed by atoms with Crippen molar-refractivity contribution in [3.63, 3.8) is 0 Å². The van der Waals surface area contributed by atoms with Gasteiger partial charge < -0.3 is 14.6 Å². The lowest BCUT2D eigenvalue weighted by Gasteiger charge is -2.08. The number of phenols is 1. The number of nitriles is 1. The molecule has 2 rings (SSSR count). The van der Waals surface area contributed by atoms with Gasteiger partial charge in [-0.15, -0.1) is 0 Å². The summed E-state index contributed by atoms with van der Waals surface area (Å²) in [6.45, 7) is 1.97. The molecule has 0 atom stereocenters. The SMILES string of the molecule is CCOc1cc(/C=N/NC(=O)COc2ccccc2C#N)cc(I)c1O. The van der Waals surface area contributed by atoms with Crippen LogP contribution in [0.15, 0.2) is 41.5 Å². The number of para-hydroxylation sites is 1. The monoisotopic (exact) mass is 465 g/mol. The number of hydrogen-bond acceptors (Lipinski definition) is 6. The molecule has 0 radical (unpaired) electrons. The third-order valence-corrected chi connectivity index (χ3v) is 3.94. The lowest BCUT2D eigenvalue weighted by Crippen LogP contribution is -2.24. The maximum atomic E-state index is 11.8. The van der Waals surface area contributed by atoms with Crippen LogP contribution in [-0.4, -0.2) is 30.4 Å². The van der Waals surface area contributed by atoms with Crippen LogP contribution in [0.25, 0.3) is 0 Å². The molecule has 0 aliphatic carbocycles. The summed E-state index contributed by atoms with van der Waals surface area (Å²) >= 11 is 1.98. The van der Waals surface area contributed by atoms with E-state index in [1.54, 1.807) is 36.4 Å². The second-order valence-electron chi connectivity index (χ2n) is 4.97. The van der Waals surface area contributed by atoms with E-state index in [0.717, 1.165) is 0 Å². The van der Waals surface area contributed by atoms with Crippen LogP contribution in [0.1, 0.15) is 18.1 Å². The summed E-state index contributed by atoms with van der Waals surface area (Å²) in [5.74, 6) is 0.290. The van der Waals surface area contributed by atoms with Crippen LogP contribution in [0.2, 0.25) is 0 Å². The van der Waals surface area contributed by atoms with Crippen LogP contribution >= 0.6 is 22.6 Å². The van der Waals surface area contributed by atoms with Gasteiger partial charge in [0.15, 0.2) is 18.1 Å². The van der Waals surface area contributed by atoms with Crippen LogP contribution in [0, 0.1) is 14.9 Å². The average Bonchev–Trinajstić information content (AvgIpc) is 2.64. The number of carbonyl (C=O) groups is 1. The van der Waals surface area contributed by atoms with Crippen molar-refractivity contribution in [3.8, 4) is 23.3 Å². The van der Waals surface area contributed by atoms with Gasteiger partial charge in [-0.1, -0.05) is 12.1 Å². The van der Waals surface area contributed by atoms with Gasteiger partial charge in [-0.2, -0.15) is 10.4 Å². The van der Waals surface area contributed by atoms with Crippen LogP contribution in [0.3, 0.4) is 0 Å². The largest absolute Gasteiger partial charge is 0.504 e. The summed E-state index contributed by atoms with van der Waals surface area (Å²) in [6.07, 6.45) is 1.44. The number of nitrogens with zero attached hydrogens (tertiary/aromatic N) is 2. The molecule has 26 heavy (non-hydrogen) atoms. The van der Waals surface area contributed by atoms with Crippen molar-refractivity contribution in [2.75, 3.05) is 13.2 Å². The molecule has 0 saturated heterocycles. The van der Waals surface area contributed by atoms with Crippen LogP contribution < -0.4 is 14.9 Å². The second kappa shape index (κ2) is 9.62. The predicted molar refractivity (Wildman–Crippen MR) is 104 cm³/mol. The lowest BCUT2D eigenvalue weighted by molar-refractivity contribution is -0.123. The van der Waals surface area contributed by atoms with Gasteiger partial charge in [-0.05, 0) is 59.3 Å². The minimum absolute atomic E-state index is 0.0678. The number of nitrogens with one attached hydrogen (secondary N) is 1. The van der Waals surface area contributed by atoms with Gasteiger partial charge in [0.1, 0.15) is 11.8 Å². The highest BCUT2D eigenvalue weighted by Gasteiger charge is 2.09. The fraction of sp³-hybridized carbons (Fsp3) is 0.167. The molecule has 8 heteroatoms.